The van der Waals surface area contributed by atoms with Crippen molar-refractivity contribution in [2.75, 3.05) is 13.6 Å². The van der Waals surface area contributed by atoms with E-state index in [1.165, 1.54) is 5.56 Å². The lowest BCUT2D eigenvalue weighted by Crippen LogP contribution is -2.30. The fourth-order valence-corrected chi connectivity index (χ4v) is 2.20. The van der Waals surface area contributed by atoms with Gasteiger partial charge in [-0.1, -0.05) is 25.9 Å². The van der Waals surface area contributed by atoms with Crippen LogP contribution in [-0.4, -0.2) is 31.3 Å². The molecule has 0 unspecified atom stereocenters. The monoisotopic (exact) mass is 231 g/mol. The molecule has 1 aromatic carbocycles. The van der Waals surface area contributed by atoms with Gasteiger partial charge in [-0.15, -0.1) is 0 Å². The molecule has 1 heterocycles. The van der Waals surface area contributed by atoms with E-state index in [4.69, 9.17) is 4.65 Å². The molecule has 0 bridgehead atoms. The molecular formula is C13H18BNO2. The van der Waals surface area contributed by atoms with Gasteiger partial charge in [-0.3, -0.25) is 4.79 Å². The summed E-state index contributed by atoms with van der Waals surface area (Å²) < 4.78 is 5.54. The minimum atomic E-state index is 0.0914. The highest BCUT2D eigenvalue weighted by Crippen LogP contribution is 2.13. The Kier molecular flexibility index (Phi) is 3.53. The first-order chi connectivity index (χ1) is 8.13. The Morgan fingerprint density at radius 2 is 2.29 bits per heavy atom. The predicted octanol–water partition coefficient (Wildman–Crippen LogP) is 1.53. The lowest BCUT2D eigenvalue weighted by Gasteiger charge is -2.16. The molecule has 0 saturated carbocycles. The lowest BCUT2D eigenvalue weighted by atomic mass is 9.64. The second-order valence-corrected chi connectivity index (χ2v) is 4.59. The molecule has 0 aromatic heterocycles. The first kappa shape index (κ1) is 12.2. The quantitative estimate of drug-likeness (QED) is 0.738. The van der Waals surface area contributed by atoms with Crippen molar-refractivity contribution in [2.24, 2.45) is 0 Å². The summed E-state index contributed by atoms with van der Waals surface area (Å²) in [5.41, 5.74) is 3.12. The zero-order valence-corrected chi connectivity index (χ0v) is 10.7. The molecule has 0 saturated heterocycles. The second kappa shape index (κ2) is 4.92. The lowest BCUT2D eigenvalue weighted by molar-refractivity contribution is 0.0795. The number of carbonyl (C=O) groups excluding carboxylic acids is 1. The summed E-state index contributed by atoms with van der Waals surface area (Å²) in [5.74, 6) is 0.0914. The fraction of sp³-hybridized carbons (Fsp3) is 0.462. The maximum absolute atomic E-state index is 12.1. The maximum atomic E-state index is 12.1. The van der Waals surface area contributed by atoms with Gasteiger partial charge >= 0.3 is 6.92 Å². The van der Waals surface area contributed by atoms with Crippen molar-refractivity contribution in [3.8, 4) is 0 Å². The van der Waals surface area contributed by atoms with Crippen LogP contribution in [0.5, 0.6) is 0 Å². The van der Waals surface area contributed by atoms with E-state index in [9.17, 15) is 4.79 Å². The van der Waals surface area contributed by atoms with Gasteiger partial charge in [0.15, 0.2) is 0 Å². The Balaban J connectivity index is 2.23. The molecule has 1 amide bonds. The van der Waals surface area contributed by atoms with E-state index in [1.54, 1.807) is 4.90 Å². The Morgan fingerprint density at radius 1 is 1.53 bits per heavy atom. The van der Waals surface area contributed by atoms with Gasteiger partial charge in [0.05, 0.1) is 6.61 Å². The van der Waals surface area contributed by atoms with Crippen LogP contribution in [0.4, 0.5) is 0 Å². The average molecular weight is 231 g/mol. The predicted molar refractivity (Wildman–Crippen MR) is 69.7 cm³/mol. The second-order valence-electron chi connectivity index (χ2n) is 4.59. The number of hydrogen-bond donors (Lipinski definition) is 0. The zero-order chi connectivity index (χ0) is 12.4. The van der Waals surface area contributed by atoms with Crippen LogP contribution in [0.15, 0.2) is 18.2 Å². The van der Waals surface area contributed by atoms with Crippen molar-refractivity contribution in [3.63, 3.8) is 0 Å². The summed E-state index contributed by atoms with van der Waals surface area (Å²) in [6.45, 7) is 5.66. The van der Waals surface area contributed by atoms with Gasteiger partial charge in [-0.25, -0.2) is 0 Å². The Bertz CT molecular complexity index is 433. The smallest absolute Gasteiger partial charge is 0.324 e. The van der Waals surface area contributed by atoms with Crippen LogP contribution >= 0.6 is 0 Å². The SMILES string of the molecule is CCCN(C)C(=O)c1ccc2c(c1)B(C)OC2. The van der Waals surface area contributed by atoms with Crippen molar-refractivity contribution < 1.29 is 9.45 Å². The van der Waals surface area contributed by atoms with Crippen molar-refractivity contribution in [1.82, 2.24) is 4.90 Å². The fourth-order valence-electron chi connectivity index (χ4n) is 2.20. The van der Waals surface area contributed by atoms with Gasteiger partial charge in [0, 0.05) is 19.2 Å². The Morgan fingerprint density at radius 3 is 3.00 bits per heavy atom. The third-order valence-corrected chi connectivity index (χ3v) is 3.23. The third kappa shape index (κ3) is 2.37. The van der Waals surface area contributed by atoms with Crippen LogP contribution in [0.1, 0.15) is 29.3 Å². The van der Waals surface area contributed by atoms with Crippen LogP contribution in [-0.2, 0) is 11.3 Å². The number of fused-ring (bicyclic) bond motifs is 1. The molecule has 0 aliphatic carbocycles. The van der Waals surface area contributed by atoms with Gasteiger partial charge < -0.3 is 9.55 Å². The molecule has 0 N–H and O–H groups in total. The van der Waals surface area contributed by atoms with Crippen molar-refractivity contribution in [2.45, 2.75) is 26.8 Å². The standard InChI is InChI=1S/C13H18BNO2/c1-4-7-15(3)13(16)10-5-6-11-9-17-14(2)12(11)8-10/h5-6,8H,4,7,9H2,1-3H3. The molecule has 2 rings (SSSR count). The van der Waals surface area contributed by atoms with E-state index >= 15 is 0 Å². The molecule has 1 aliphatic rings. The minimum Gasteiger partial charge on any atom is -0.427 e. The van der Waals surface area contributed by atoms with Crippen molar-refractivity contribution in [1.29, 1.82) is 0 Å². The van der Waals surface area contributed by atoms with Crippen LogP contribution in [0.2, 0.25) is 6.82 Å². The van der Waals surface area contributed by atoms with E-state index in [0.717, 1.165) is 24.0 Å². The van der Waals surface area contributed by atoms with E-state index < -0.39 is 0 Å². The summed E-state index contributed by atoms with van der Waals surface area (Å²) in [5, 5.41) is 0. The molecular weight excluding hydrogens is 213 g/mol. The van der Waals surface area contributed by atoms with E-state index in [1.807, 2.05) is 32.1 Å². The molecule has 3 nitrogen and oxygen atoms in total. The number of rotatable bonds is 3. The number of nitrogens with zero attached hydrogens (tertiary/aromatic N) is 1. The highest BCUT2D eigenvalue weighted by atomic mass is 16.4. The van der Waals surface area contributed by atoms with Gasteiger partial charge in [0.2, 0.25) is 0 Å². The third-order valence-electron chi connectivity index (χ3n) is 3.23. The molecule has 90 valence electrons. The van der Waals surface area contributed by atoms with Gasteiger partial charge in [0.1, 0.15) is 0 Å². The van der Waals surface area contributed by atoms with Crippen LogP contribution in [0, 0.1) is 0 Å². The topological polar surface area (TPSA) is 29.5 Å². The van der Waals surface area contributed by atoms with Crippen LogP contribution in [0.3, 0.4) is 0 Å². The summed E-state index contributed by atoms with van der Waals surface area (Å²) in [4.78, 5) is 13.9. The van der Waals surface area contributed by atoms with Crippen molar-refractivity contribution in [3.05, 3.63) is 29.3 Å². The van der Waals surface area contributed by atoms with E-state index in [-0.39, 0.29) is 12.8 Å². The number of carbonyl (C=O) groups is 1. The molecule has 4 heteroatoms. The number of benzene rings is 1. The summed E-state index contributed by atoms with van der Waals surface area (Å²) >= 11 is 0. The zero-order valence-electron chi connectivity index (χ0n) is 10.7. The number of amides is 1. The highest BCUT2D eigenvalue weighted by molar-refractivity contribution is 6.67. The highest BCUT2D eigenvalue weighted by Gasteiger charge is 2.24. The van der Waals surface area contributed by atoms with Crippen LogP contribution < -0.4 is 5.46 Å². The number of hydrogen-bond acceptors (Lipinski definition) is 2. The van der Waals surface area contributed by atoms with Crippen LogP contribution in [0.25, 0.3) is 0 Å². The summed E-state index contributed by atoms with van der Waals surface area (Å²) in [7, 11) is 1.85. The average Bonchev–Trinajstić information content (AvgIpc) is 2.70. The molecule has 0 fully saturated rings. The maximum Gasteiger partial charge on any atom is 0.324 e. The van der Waals surface area contributed by atoms with Gasteiger partial charge in [0.25, 0.3) is 5.91 Å². The molecule has 1 aromatic rings. The normalized spacial score (nSPS) is 13.7. The molecule has 0 atom stereocenters. The Hall–Kier alpha value is -1.29. The molecule has 1 aliphatic heterocycles. The summed E-state index contributed by atoms with van der Waals surface area (Å²) in [6, 6.07) is 5.88. The molecule has 17 heavy (non-hydrogen) atoms. The first-order valence-corrected chi connectivity index (χ1v) is 6.13. The minimum absolute atomic E-state index is 0.0914. The summed E-state index contributed by atoms with van der Waals surface area (Å²) in [6.07, 6.45) is 0.979. The van der Waals surface area contributed by atoms with Crippen molar-refractivity contribution >= 4 is 18.3 Å². The first-order valence-electron chi connectivity index (χ1n) is 6.13. The van der Waals surface area contributed by atoms with Gasteiger partial charge in [-0.05, 0) is 23.5 Å². The molecule has 0 spiro atoms. The largest absolute Gasteiger partial charge is 0.427 e. The Labute approximate surface area is 103 Å². The van der Waals surface area contributed by atoms with E-state index in [0.29, 0.717) is 6.61 Å². The van der Waals surface area contributed by atoms with Gasteiger partial charge in [-0.2, -0.15) is 0 Å². The van der Waals surface area contributed by atoms with E-state index in [2.05, 4.69) is 6.92 Å². The molecule has 0 radical (unpaired) electrons.